The van der Waals surface area contributed by atoms with Gasteiger partial charge >= 0.3 is 18.0 Å². The second-order valence-electron chi connectivity index (χ2n) is 4.55. The third kappa shape index (κ3) is 3.86. The number of rotatable bonds is 2. The number of benzene rings is 2. The fourth-order valence-corrected chi connectivity index (χ4v) is 1.81. The van der Waals surface area contributed by atoms with Gasteiger partial charge < -0.3 is 10.6 Å². The van der Waals surface area contributed by atoms with Gasteiger partial charge in [-0.25, -0.2) is 8.78 Å². The first-order valence-electron chi connectivity index (χ1n) is 6.42. The molecule has 2 rings (SSSR count). The van der Waals surface area contributed by atoms with Gasteiger partial charge in [-0.3, -0.25) is 9.59 Å². The van der Waals surface area contributed by atoms with E-state index >= 15 is 0 Å². The van der Waals surface area contributed by atoms with E-state index in [1.807, 2.05) is 0 Å². The van der Waals surface area contributed by atoms with Crippen molar-refractivity contribution in [3.05, 3.63) is 59.7 Å². The number of carbonyl (C=O) groups excluding carboxylic acids is 2. The number of carbonyl (C=O) groups is 2. The molecule has 0 heterocycles. The molecule has 126 valence electrons. The molecule has 0 aliphatic rings. The molecule has 0 unspecified atom stereocenters. The number of para-hydroxylation sites is 2. The van der Waals surface area contributed by atoms with Crippen LogP contribution < -0.4 is 10.6 Å². The summed E-state index contributed by atoms with van der Waals surface area (Å²) in [5.41, 5.74) is -2.69. The summed E-state index contributed by atoms with van der Waals surface area (Å²) in [5.74, 6) is -5.29. The Morgan fingerprint density at radius 2 is 1.33 bits per heavy atom. The Bertz CT molecular complexity index is 769. The summed E-state index contributed by atoms with van der Waals surface area (Å²) in [4.78, 5) is 23.3. The van der Waals surface area contributed by atoms with E-state index in [0.29, 0.717) is 6.07 Å². The molecule has 2 N–H and O–H groups in total. The average Bonchev–Trinajstić information content (AvgIpc) is 2.50. The lowest BCUT2D eigenvalue weighted by molar-refractivity contribution is -0.137. The van der Waals surface area contributed by atoms with E-state index in [1.54, 1.807) is 10.6 Å². The van der Waals surface area contributed by atoms with Crippen LogP contribution in [0.4, 0.5) is 33.3 Å². The van der Waals surface area contributed by atoms with Crippen LogP contribution in [-0.2, 0) is 15.8 Å². The van der Waals surface area contributed by atoms with Gasteiger partial charge in [0, 0.05) is 0 Å². The molecule has 2 aromatic rings. The van der Waals surface area contributed by atoms with Crippen molar-refractivity contribution in [2.45, 2.75) is 6.18 Å². The van der Waals surface area contributed by atoms with Gasteiger partial charge in [-0.15, -0.1) is 0 Å². The number of nitrogens with one attached hydrogen (secondary N) is 2. The van der Waals surface area contributed by atoms with Crippen LogP contribution in [0.2, 0.25) is 0 Å². The molecule has 0 fully saturated rings. The van der Waals surface area contributed by atoms with Gasteiger partial charge in [-0.2, -0.15) is 13.2 Å². The van der Waals surface area contributed by atoms with Crippen molar-refractivity contribution in [1.82, 2.24) is 0 Å². The zero-order valence-electron chi connectivity index (χ0n) is 11.7. The normalized spacial score (nSPS) is 11.0. The highest BCUT2D eigenvalue weighted by Gasteiger charge is 2.34. The topological polar surface area (TPSA) is 58.2 Å². The van der Waals surface area contributed by atoms with Crippen molar-refractivity contribution in [2.24, 2.45) is 0 Å². The van der Waals surface area contributed by atoms with E-state index in [4.69, 9.17) is 0 Å². The number of amides is 2. The lowest BCUT2D eigenvalue weighted by Gasteiger charge is -2.13. The first-order valence-corrected chi connectivity index (χ1v) is 6.42. The highest BCUT2D eigenvalue weighted by atomic mass is 19.4. The molecule has 0 aromatic heterocycles. The highest BCUT2D eigenvalue weighted by Crippen LogP contribution is 2.34. The van der Waals surface area contributed by atoms with E-state index in [1.165, 1.54) is 6.07 Å². The van der Waals surface area contributed by atoms with E-state index in [-0.39, 0.29) is 0 Å². The number of halogens is 5. The summed E-state index contributed by atoms with van der Waals surface area (Å²) in [5, 5.41) is 3.43. The molecule has 0 aliphatic heterocycles. The average molecular weight is 344 g/mol. The molecule has 0 aliphatic carbocycles. The minimum atomic E-state index is -4.75. The van der Waals surface area contributed by atoms with Gasteiger partial charge in [0.2, 0.25) is 0 Å². The first kappa shape index (κ1) is 17.4. The monoisotopic (exact) mass is 344 g/mol. The molecule has 2 aromatic carbocycles. The Morgan fingerprint density at radius 3 is 1.92 bits per heavy atom. The van der Waals surface area contributed by atoms with Crippen molar-refractivity contribution in [3.8, 4) is 0 Å². The van der Waals surface area contributed by atoms with Crippen LogP contribution in [0, 0.1) is 11.6 Å². The highest BCUT2D eigenvalue weighted by molar-refractivity contribution is 6.43. The summed E-state index contributed by atoms with van der Waals surface area (Å²) in [6.45, 7) is 0. The molecule has 24 heavy (non-hydrogen) atoms. The Morgan fingerprint density at radius 1 is 0.792 bits per heavy atom. The van der Waals surface area contributed by atoms with Crippen LogP contribution in [0.1, 0.15) is 5.56 Å². The summed E-state index contributed by atoms with van der Waals surface area (Å²) in [6.07, 6.45) is -4.75. The number of alkyl halides is 3. The summed E-state index contributed by atoms with van der Waals surface area (Å²) in [6, 6.07) is 6.71. The number of hydrogen-bond donors (Lipinski definition) is 2. The smallest absolute Gasteiger partial charge is 0.317 e. The Kier molecular flexibility index (Phi) is 4.82. The SMILES string of the molecule is O=C(Nc1ccccc1C(F)(F)F)C(=O)Nc1c(F)cccc1F. The van der Waals surface area contributed by atoms with E-state index in [0.717, 1.165) is 30.3 Å². The predicted octanol–water partition coefficient (Wildman–Crippen LogP) is 3.56. The second-order valence-corrected chi connectivity index (χ2v) is 4.55. The first-order chi connectivity index (χ1) is 11.2. The van der Waals surface area contributed by atoms with Crippen molar-refractivity contribution in [1.29, 1.82) is 0 Å². The standard InChI is InChI=1S/C15H9F5N2O2/c16-9-5-3-6-10(17)12(9)22-14(24)13(23)21-11-7-2-1-4-8(11)15(18,19)20/h1-7H,(H,21,23)(H,22,24). The quantitative estimate of drug-likeness (QED) is 0.646. The van der Waals surface area contributed by atoms with Crippen molar-refractivity contribution < 1.29 is 31.5 Å². The molecular weight excluding hydrogens is 335 g/mol. The largest absolute Gasteiger partial charge is 0.418 e. The van der Waals surface area contributed by atoms with Gasteiger partial charge in [0.15, 0.2) is 0 Å². The number of anilines is 2. The maximum absolute atomic E-state index is 13.4. The third-order valence-corrected chi connectivity index (χ3v) is 2.89. The third-order valence-electron chi connectivity index (χ3n) is 2.89. The van der Waals surface area contributed by atoms with Crippen LogP contribution >= 0.6 is 0 Å². The second kappa shape index (κ2) is 6.65. The van der Waals surface area contributed by atoms with Crippen LogP contribution in [-0.4, -0.2) is 11.8 Å². The van der Waals surface area contributed by atoms with E-state index in [9.17, 15) is 31.5 Å². The van der Waals surface area contributed by atoms with Crippen LogP contribution in [0.5, 0.6) is 0 Å². The van der Waals surface area contributed by atoms with Crippen LogP contribution in [0.3, 0.4) is 0 Å². The van der Waals surface area contributed by atoms with Crippen LogP contribution in [0.15, 0.2) is 42.5 Å². The lowest BCUT2D eigenvalue weighted by Crippen LogP contribution is -2.30. The molecule has 9 heteroatoms. The summed E-state index contributed by atoms with van der Waals surface area (Å²) in [7, 11) is 0. The maximum Gasteiger partial charge on any atom is 0.418 e. The number of hydrogen-bond acceptors (Lipinski definition) is 2. The fraction of sp³-hybridized carbons (Fsp3) is 0.0667. The molecule has 2 amide bonds. The van der Waals surface area contributed by atoms with Crippen molar-refractivity contribution in [3.63, 3.8) is 0 Å². The van der Waals surface area contributed by atoms with Gasteiger partial charge in [-0.1, -0.05) is 18.2 Å². The summed E-state index contributed by atoms with van der Waals surface area (Å²) < 4.78 is 65.2. The zero-order chi connectivity index (χ0) is 17.9. The minimum absolute atomic E-state index is 0.654. The Hall–Kier alpha value is -2.97. The molecular formula is C15H9F5N2O2. The molecule has 0 radical (unpaired) electrons. The van der Waals surface area contributed by atoms with Gasteiger partial charge in [0.25, 0.3) is 0 Å². The lowest BCUT2D eigenvalue weighted by atomic mass is 10.1. The maximum atomic E-state index is 13.4. The molecule has 0 atom stereocenters. The fourth-order valence-electron chi connectivity index (χ4n) is 1.81. The molecule has 0 spiro atoms. The van der Waals surface area contributed by atoms with Crippen molar-refractivity contribution in [2.75, 3.05) is 10.6 Å². The Labute approximate surface area is 132 Å². The van der Waals surface area contributed by atoms with Gasteiger partial charge in [-0.05, 0) is 24.3 Å². The van der Waals surface area contributed by atoms with E-state index < -0.39 is 46.6 Å². The Balaban J connectivity index is 2.18. The molecule has 0 bridgehead atoms. The van der Waals surface area contributed by atoms with E-state index in [2.05, 4.69) is 0 Å². The van der Waals surface area contributed by atoms with Crippen molar-refractivity contribution >= 4 is 23.2 Å². The zero-order valence-corrected chi connectivity index (χ0v) is 11.7. The molecule has 0 saturated carbocycles. The minimum Gasteiger partial charge on any atom is -0.317 e. The van der Waals surface area contributed by atoms with Gasteiger partial charge in [0.1, 0.15) is 17.3 Å². The van der Waals surface area contributed by atoms with Crippen LogP contribution in [0.25, 0.3) is 0 Å². The predicted molar refractivity (Wildman–Crippen MR) is 75.1 cm³/mol. The summed E-state index contributed by atoms with van der Waals surface area (Å²) >= 11 is 0. The molecule has 0 saturated heterocycles. The van der Waals surface area contributed by atoms with Gasteiger partial charge in [0.05, 0.1) is 11.3 Å². The molecule has 4 nitrogen and oxygen atoms in total.